The molecular formula is C17H19N5OS. The number of amides is 1. The molecule has 0 aliphatic rings. The second-order valence-corrected chi connectivity index (χ2v) is 6.54. The maximum atomic E-state index is 12.6. The van der Waals surface area contributed by atoms with Crippen LogP contribution in [0, 0.1) is 6.92 Å². The summed E-state index contributed by atoms with van der Waals surface area (Å²) in [5.74, 6) is -0.149. The van der Waals surface area contributed by atoms with Crippen molar-refractivity contribution in [3.63, 3.8) is 0 Å². The van der Waals surface area contributed by atoms with Gasteiger partial charge in [0.05, 0.1) is 4.70 Å². The van der Waals surface area contributed by atoms with Crippen molar-refractivity contribution in [3.8, 4) is 0 Å². The number of nitrogens with zero attached hydrogens (tertiary/aromatic N) is 5. The Bertz CT molecular complexity index is 859. The SMILES string of the molecule is C=NN(CC)C(=O)c1c(C)c2sc(Cc3ccccn3)nc2n1C. The largest absolute Gasteiger partial charge is 0.323 e. The van der Waals surface area contributed by atoms with Gasteiger partial charge in [0, 0.05) is 38.6 Å². The zero-order valence-corrected chi connectivity index (χ0v) is 14.8. The number of aryl methyl sites for hydroxylation is 2. The molecule has 7 heteroatoms. The lowest BCUT2D eigenvalue weighted by atomic mass is 10.2. The van der Waals surface area contributed by atoms with Crippen molar-refractivity contribution < 1.29 is 4.79 Å². The van der Waals surface area contributed by atoms with Gasteiger partial charge in [-0.2, -0.15) is 5.10 Å². The lowest BCUT2D eigenvalue weighted by Crippen LogP contribution is -2.27. The number of hydrogen-bond acceptors (Lipinski definition) is 5. The van der Waals surface area contributed by atoms with Crippen LogP contribution in [0.5, 0.6) is 0 Å². The van der Waals surface area contributed by atoms with Crippen LogP contribution >= 0.6 is 11.3 Å². The van der Waals surface area contributed by atoms with E-state index in [1.54, 1.807) is 17.5 Å². The van der Waals surface area contributed by atoms with Crippen molar-refractivity contribution in [2.45, 2.75) is 20.3 Å². The Balaban J connectivity index is 1.99. The number of thiazole rings is 1. The molecule has 0 bridgehead atoms. The van der Waals surface area contributed by atoms with Crippen molar-refractivity contribution >= 4 is 34.3 Å². The first kappa shape index (κ1) is 16.3. The van der Waals surface area contributed by atoms with Crippen LogP contribution in [0.3, 0.4) is 0 Å². The molecule has 0 radical (unpaired) electrons. The molecule has 0 saturated heterocycles. The van der Waals surface area contributed by atoms with Gasteiger partial charge in [0.15, 0.2) is 5.65 Å². The summed E-state index contributed by atoms with van der Waals surface area (Å²) in [4.78, 5) is 21.7. The van der Waals surface area contributed by atoms with Gasteiger partial charge in [-0.3, -0.25) is 9.78 Å². The van der Waals surface area contributed by atoms with Crippen LogP contribution in [0.25, 0.3) is 10.3 Å². The minimum Gasteiger partial charge on any atom is -0.323 e. The smallest absolute Gasteiger partial charge is 0.290 e. The number of rotatable bonds is 5. The molecule has 0 unspecified atom stereocenters. The highest BCUT2D eigenvalue weighted by Gasteiger charge is 2.24. The topological polar surface area (TPSA) is 63.4 Å². The zero-order chi connectivity index (χ0) is 17.3. The molecule has 24 heavy (non-hydrogen) atoms. The van der Waals surface area contributed by atoms with Gasteiger partial charge in [0.1, 0.15) is 10.7 Å². The van der Waals surface area contributed by atoms with Gasteiger partial charge in [-0.15, -0.1) is 11.3 Å². The minimum atomic E-state index is -0.149. The standard InChI is InChI=1S/C17H19N5OS/c1-5-22(18-3)17(23)14-11(2)15-16(21(14)4)20-13(24-15)10-12-8-6-7-9-19-12/h6-9H,3,5,10H2,1-2,4H3. The molecule has 0 saturated carbocycles. The number of aromatic nitrogens is 3. The number of carbonyl (C=O) groups excluding carboxylic acids is 1. The zero-order valence-electron chi connectivity index (χ0n) is 14.0. The van der Waals surface area contributed by atoms with Gasteiger partial charge in [0.25, 0.3) is 5.91 Å². The first-order valence-corrected chi connectivity index (χ1v) is 8.51. The van der Waals surface area contributed by atoms with E-state index in [9.17, 15) is 4.79 Å². The summed E-state index contributed by atoms with van der Waals surface area (Å²) in [6, 6.07) is 5.86. The molecular weight excluding hydrogens is 322 g/mol. The Morgan fingerprint density at radius 1 is 1.46 bits per heavy atom. The Morgan fingerprint density at radius 2 is 2.25 bits per heavy atom. The fourth-order valence-electron chi connectivity index (χ4n) is 2.76. The quantitative estimate of drug-likeness (QED) is 0.529. The van der Waals surface area contributed by atoms with E-state index in [0.717, 1.165) is 26.6 Å². The molecule has 0 spiro atoms. The maximum absolute atomic E-state index is 12.6. The third-order valence-corrected chi connectivity index (χ3v) is 5.13. The molecule has 6 nitrogen and oxygen atoms in total. The fourth-order valence-corrected chi connectivity index (χ4v) is 3.87. The fraction of sp³-hybridized carbons (Fsp3) is 0.294. The number of hydrazone groups is 1. The average Bonchev–Trinajstić information content (AvgIpc) is 3.09. The molecule has 1 amide bonds. The van der Waals surface area contributed by atoms with Crippen LogP contribution in [0.15, 0.2) is 29.5 Å². The molecule has 0 aliphatic heterocycles. The van der Waals surface area contributed by atoms with Crippen molar-refractivity contribution in [3.05, 3.63) is 46.4 Å². The van der Waals surface area contributed by atoms with Crippen molar-refractivity contribution in [1.82, 2.24) is 19.5 Å². The van der Waals surface area contributed by atoms with E-state index >= 15 is 0 Å². The summed E-state index contributed by atoms with van der Waals surface area (Å²) >= 11 is 1.61. The number of pyridine rings is 1. The molecule has 124 valence electrons. The van der Waals surface area contributed by atoms with Crippen LogP contribution in [0.1, 0.15) is 33.7 Å². The van der Waals surface area contributed by atoms with Gasteiger partial charge in [-0.25, -0.2) is 9.99 Å². The van der Waals surface area contributed by atoms with E-state index in [1.807, 2.05) is 43.7 Å². The molecule has 0 aromatic carbocycles. The van der Waals surface area contributed by atoms with E-state index in [0.29, 0.717) is 18.7 Å². The normalized spacial score (nSPS) is 11.0. The van der Waals surface area contributed by atoms with Crippen molar-refractivity contribution in [2.75, 3.05) is 6.54 Å². The summed E-state index contributed by atoms with van der Waals surface area (Å²) in [5.41, 5.74) is 3.36. The lowest BCUT2D eigenvalue weighted by molar-refractivity contribution is 0.0761. The van der Waals surface area contributed by atoms with Crippen LogP contribution in [0.4, 0.5) is 0 Å². The highest BCUT2D eigenvalue weighted by atomic mass is 32.1. The summed E-state index contributed by atoms with van der Waals surface area (Å²) in [6.45, 7) is 7.78. The molecule has 0 atom stereocenters. The third kappa shape index (κ3) is 2.71. The molecule has 3 heterocycles. The summed E-state index contributed by atoms with van der Waals surface area (Å²) in [6.07, 6.45) is 2.48. The monoisotopic (exact) mass is 341 g/mol. The predicted octanol–water partition coefficient (Wildman–Crippen LogP) is 3.01. The molecule has 3 aromatic rings. The summed E-state index contributed by atoms with van der Waals surface area (Å²) in [7, 11) is 1.86. The maximum Gasteiger partial charge on any atom is 0.290 e. The van der Waals surface area contributed by atoms with Crippen molar-refractivity contribution in [2.24, 2.45) is 12.1 Å². The predicted molar refractivity (Wildman–Crippen MR) is 96.6 cm³/mol. The van der Waals surface area contributed by atoms with Gasteiger partial charge in [0.2, 0.25) is 0 Å². The molecule has 0 fully saturated rings. The van der Waals surface area contributed by atoms with Gasteiger partial charge in [-0.05, 0) is 31.5 Å². The highest BCUT2D eigenvalue weighted by molar-refractivity contribution is 7.18. The number of carbonyl (C=O) groups is 1. The van der Waals surface area contributed by atoms with E-state index < -0.39 is 0 Å². The Kier molecular flexibility index (Phi) is 4.44. The van der Waals surface area contributed by atoms with Gasteiger partial charge < -0.3 is 4.57 Å². The molecule has 0 aliphatic carbocycles. The van der Waals surface area contributed by atoms with Crippen molar-refractivity contribution in [1.29, 1.82) is 0 Å². The van der Waals surface area contributed by atoms with E-state index in [2.05, 4.69) is 16.8 Å². The van der Waals surface area contributed by atoms with Crippen LogP contribution in [-0.2, 0) is 13.5 Å². The number of hydrogen-bond donors (Lipinski definition) is 0. The first-order valence-electron chi connectivity index (χ1n) is 7.69. The van der Waals surface area contributed by atoms with Crippen LogP contribution in [-0.4, -0.2) is 38.7 Å². The van der Waals surface area contributed by atoms with Gasteiger partial charge in [-0.1, -0.05) is 6.07 Å². The Hall–Kier alpha value is -2.54. The lowest BCUT2D eigenvalue weighted by Gasteiger charge is -2.15. The molecule has 0 N–H and O–H groups in total. The Labute approximate surface area is 144 Å². The summed E-state index contributed by atoms with van der Waals surface area (Å²) < 4.78 is 2.88. The van der Waals surface area contributed by atoms with E-state index in [-0.39, 0.29) is 5.91 Å². The van der Waals surface area contributed by atoms with Crippen LogP contribution < -0.4 is 0 Å². The average molecular weight is 341 g/mol. The second-order valence-electron chi connectivity index (χ2n) is 5.45. The first-order chi connectivity index (χ1) is 11.6. The van der Waals surface area contributed by atoms with E-state index in [4.69, 9.17) is 4.98 Å². The molecule has 3 rings (SSSR count). The number of fused-ring (bicyclic) bond motifs is 1. The minimum absolute atomic E-state index is 0.149. The van der Waals surface area contributed by atoms with Gasteiger partial charge >= 0.3 is 0 Å². The summed E-state index contributed by atoms with van der Waals surface area (Å²) in [5, 5.41) is 6.14. The van der Waals surface area contributed by atoms with Crippen LogP contribution in [0.2, 0.25) is 0 Å². The molecule has 3 aromatic heterocycles. The van der Waals surface area contributed by atoms with E-state index in [1.165, 1.54) is 5.01 Å². The second kappa shape index (κ2) is 6.52. The third-order valence-electron chi connectivity index (χ3n) is 3.97. The highest BCUT2D eigenvalue weighted by Crippen LogP contribution is 2.31. The Morgan fingerprint density at radius 3 is 2.83 bits per heavy atom.